The summed E-state index contributed by atoms with van der Waals surface area (Å²) in [7, 11) is -3.67. The minimum atomic E-state index is -3.67. The smallest absolute Gasteiger partial charge is 0.238 e. The van der Waals surface area contributed by atoms with E-state index in [0.29, 0.717) is 18.1 Å². The van der Waals surface area contributed by atoms with Crippen LogP contribution in [0.2, 0.25) is 0 Å². The second-order valence-corrected chi connectivity index (χ2v) is 5.86. The third-order valence-corrected chi connectivity index (χ3v) is 3.58. The molecule has 9 heteroatoms. The molecule has 7 nitrogen and oxygen atoms in total. The van der Waals surface area contributed by atoms with Gasteiger partial charge in [0.1, 0.15) is 5.75 Å². The minimum absolute atomic E-state index is 0.0451. The van der Waals surface area contributed by atoms with Gasteiger partial charge < -0.3 is 16.3 Å². The van der Waals surface area contributed by atoms with Crippen molar-refractivity contribution in [2.45, 2.75) is 4.90 Å². The highest BCUT2D eigenvalue weighted by atomic mass is 32.2. The minimum Gasteiger partial charge on any atom is -0.493 e. The first-order chi connectivity index (χ1) is 8.43. The van der Waals surface area contributed by atoms with Crippen molar-refractivity contribution in [1.82, 2.24) is 0 Å². The van der Waals surface area contributed by atoms with Crippen LogP contribution in [0.4, 0.5) is 0 Å². The van der Waals surface area contributed by atoms with Crippen LogP contribution in [0.25, 0.3) is 0 Å². The van der Waals surface area contributed by atoms with Crippen molar-refractivity contribution in [2.24, 2.45) is 21.8 Å². The lowest BCUT2D eigenvalue weighted by Crippen LogP contribution is -2.13. The zero-order chi connectivity index (χ0) is 13.6. The molecule has 0 aliphatic carbocycles. The van der Waals surface area contributed by atoms with Crippen LogP contribution in [0, 0.1) is 0 Å². The van der Waals surface area contributed by atoms with E-state index in [1.54, 1.807) is 0 Å². The quantitative estimate of drug-likeness (QED) is 0.223. The summed E-state index contributed by atoms with van der Waals surface area (Å²) in [6.07, 6.45) is 0. The Labute approximate surface area is 109 Å². The molecule has 1 rings (SSSR count). The molecule has 0 spiro atoms. The highest BCUT2D eigenvalue weighted by Gasteiger charge is 2.06. The number of ether oxygens (including phenoxy) is 1. The van der Waals surface area contributed by atoms with Crippen LogP contribution in [0.1, 0.15) is 0 Å². The van der Waals surface area contributed by atoms with Gasteiger partial charge in [0, 0.05) is 5.75 Å². The van der Waals surface area contributed by atoms with E-state index in [1.807, 2.05) is 0 Å². The van der Waals surface area contributed by atoms with Gasteiger partial charge in [-0.25, -0.2) is 13.6 Å². The lowest BCUT2D eigenvalue weighted by atomic mass is 10.3. The fourth-order valence-corrected chi connectivity index (χ4v) is 2.03. The van der Waals surface area contributed by atoms with E-state index >= 15 is 0 Å². The maximum Gasteiger partial charge on any atom is 0.238 e. The highest BCUT2D eigenvalue weighted by molar-refractivity contribution is 8.13. The Hall–Kier alpha value is -1.45. The van der Waals surface area contributed by atoms with E-state index in [0.717, 1.165) is 0 Å². The Bertz CT molecular complexity index is 513. The molecule has 18 heavy (non-hydrogen) atoms. The molecule has 0 heterocycles. The SMILES string of the molecule is NN=C(N)SCCOc1ccc(S(N)(=O)=O)cc1. The van der Waals surface area contributed by atoms with Crippen LogP contribution >= 0.6 is 11.8 Å². The second kappa shape index (κ2) is 6.47. The van der Waals surface area contributed by atoms with Gasteiger partial charge in [-0.3, -0.25) is 0 Å². The molecule has 0 amide bonds. The number of sulfonamides is 1. The summed E-state index contributed by atoms with van der Waals surface area (Å²) in [5, 5.41) is 8.54. The van der Waals surface area contributed by atoms with Crippen molar-refractivity contribution >= 4 is 27.0 Å². The number of benzene rings is 1. The van der Waals surface area contributed by atoms with Crippen molar-refractivity contribution < 1.29 is 13.2 Å². The molecule has 0 aliphatic heterocycles. The Morgan fingerprint density at radius 2 is 1.94 bits per heavy atom. The zero-order valence-corrected chi connectivity index (χ0v) is 11.1. The summed E-state index contributed by atoms with van der Waals surface area (Å²) >= 11 is 1.26. The Morgan fingerprint density at radius 1 is 1.33 bits per heavy atom. The van der Waals surface area contributed by atoms with Crippen molar-refractivity contribution in [2.75, 3.05) is 12.4 Å². The molecular weight excluding hydrogens is 276 g/mol. The summed E-state index contributed by atoms with van der Waals surface area (Å²) in [5.74, 6) is 6.09. The van der Waals surface area contributed by atoms with E-state index in [1.165, 1.54) is 36.0 Å². The van der Waals surface area contributed by atoms with E-state index in [4.69, 9.17) is 21.5 Å². The number of hydrogen-bond donors (Lipinski definition) is 3. The van der Waals surface area contributed by atoms with Crippen LogP contribution in [0.15, 0.2) is 34.3 Å². The van der Waals surface area contributed by atoms with Gasteiger partial charge in [0.15, 0.2) is 5.17 Å². The predicted molar refractivity (Wildman–Crippen MR) is 71.6 cm³/mol. The molecule has 0 radical (unpaired) electrons. The van der Waals surface area contributed by atoms with Crippen LogP contribution < -0.4 is 21.5 Å². The largest absolute Gasteiger partial charge is 0.493 e. The number of rotatable bonds is 5. The summed E-state index contributed by atoms with van der Waals surface area (Å²) in [6.45, 7) is 0.398. The lowest BCUT2D eigenvalue weighted by Gasteiger charge is -2.06. The molecule has 0 unspecified atom stereocenters. The Kier molecular flexibility index (Phi) is 5.25. The summed E-state index contributed by atoms with van der Waals surface area (Å²) in [5.41, 5.74) is 5.37. The number of amidine groups is 1. The van der Waals surface area contributed by atoms with Gasteiger partial charge >= 0.3 is 0 Å². The summed E-state index contributed by atoms with van der Waals surface area (Å²) in [6, 6.07) is 5.83. The average molecular weight is 290 g/mol. The third-order valence-electron chi connectivity index (χ3n) is 1.88. The molecule has 0 atom stereocenters. The first-order valence-electron chi connectivity index (χ1n) is 4.85. The predicted octanol–water partition coefficient (Wildman–Crippen LogP) is -0.366. The van der Waals surface area contributed by atoms with Crippen LogP contribution in [0.5, 0.6) is 5.75 Å². The van der Waals surface area contributed by atoms with Crippen molar-refractivity contribution in [3.63, 3.8) is 0 Å². The van der Waals surface area contributed by atoms with Crippen LogP contribution in [0.3, 0.4) is 0 Å². The van der Waals surface area contributed by atoms with Crippen molar-refractivity contribution in [3.05, 3.63) is 24.3 Å². The van der Waals surface area contributed by atoms with E-state index in [-0.39, 0.29) is 10.1 Å². The average Bonchev–Trinajstić information content (AvgIpc) is 2.33. The van der Waals surface area contributed by atoms with Gasteiger partial charge in [0.2, 0.25) is 10.0 Å². The molecule has 100 valence electrons. The number of nitrogens with two attached hydrogens (primary N) is 3. The molecule has 0 saturated heterocycles. The highest BCUT2D eigenvalue weighted by Crippen LogP contribution is 2.15. The molecule has 0 bridgehead atoms. The number of hydrogen-bond acceptors (Lipinski definition) is 6. The van der Waals surface area contributed by atoms with Crippen LogP contribution in [-0.4, -0.2) is 25.9 Å². The van der Waals surface area contributed by atoms with Crippen molar-refractivity contribution in [3.8, 4) is 5.75 Å². The number of nitrogens with zero attached hydrogens (tertiary/aromatic N) is 1. The van der Waals surface area contributed by atoms with E-state index in [9.17, 15) is 8.42 Å². The van der Waals surface area contributed by atoms with E-state index < -0.39 is 10.0 Å². The molecular formula is C9H14N4O3S2. The Morgan fingerprint density at radius 3 is 2.44 bits per heavy atom. The standard InChI is InChI=1S/C9H14N4O3S2/c10-9(13-11)17-6-5-16-7-1-3-8(4-2-7)18(12,14)15/h1-4H,5-6,11H2,(H2,10,13)(H2,12,14,15). The lowest BCUT2D eigenvalue weighted by molar-refractivity contribution is 0.344. The summed E-state index contributed by atoms with van der Waals surface area (Å²) < 4.78 is 27.4. The molecule has 0 saturated carbocycles. The monoisotopic (exact) mass is 290 g/mol. The van der Waals surface area contributed by atoms with E-state index in [2.05, 4.69) is 5.10 Å². The van der Waals surface area contributed by atoms with Crippen molar-refractivity contribution in [1.29, 1.82) is 0 Å². The fourth-order valence-electron chi connectivity index (χ4n) is 1.07. The molecule has 0 aliphatic rings. The van der Waals surface area contributed by atoms with Gasteiger partial charge in [-0.05, 0) is 24.3 Å². The zero-order valence-electron chi connectivity index (χ0n) is 9.44. The first kappa shape index (κ1) is 14.6. The molecule has 1 aromatic rings. The number of primary sulfonamides is 1. The van der Waals surface area contributed by atoms with Gasteiger partial charge in [0.05, 0.1) is 11.5 Å². The number of hydrazone groups is 1. The fraction of sp³-hybridized carbons (Fsp3) is 0.222. The van der Waals surface area contributed by atoms with Gasteiger partial charge in [0.25, 0.3) is 0 Å². The van der Waals surface area contributed by atoms with Gasteiger partial charge in [-0.1, -0.05) is 11.8 Å². The third kappa shape index (κ3) is 4.82. The van der Waals surface area contributed by atoms with Crippen LogP contribution in [-0.2, 0) is 10.0 Å². The maximum atomic E-state index is 11.0. The molecule has 0 fully saturated rings. The maximum absolute atomic E-state index is 11.0. The van der Waals surface area contributed by atoms with Gasteiger partial charge in [-0.2, -0.15) is 5.10 Å². The molecule has 0 aromatic heterocycles. The van der Waals surface area contributed by atoms with Gasteiger partial charge in [-0.15, -0.1) is 0 Å². The molecule has 1 aromatic carbocycles. The number of thioether (sulfide) groups is 1. The summed E-state index contributed by atoms with van der Waals surface area (Å²) in [4.78, 5) is 0.0451. The normalized spacial score (nSPS) is 12.4. The Balaban J connectivity index is 2.45. The topological polar surface area (TPSA) is 134 Å². The first-order valence-corrected chi connectivity index (χ1v) is 7.38. The molecule has 6 N–H and O–H groups in total. The second-order valence-electron chi connectivity index (χ2n) is 3.18.